The molecule has 0 spiro atoms. The fourth-order valence-electron chi connectivity index (χ4n) is 2.22. The van der Waals surface area contributed by atoms with Crippen molar-refractivity contribution in [3.05, 3.63) is 28.2 Å². The van der Waals surface area contributed by atoms with E-state index in [1.54, 1.807) is 30.0 Å². The highest BCUT2D eigenvalue weighted by molar-refractivity contribution is 9.10. The average Bonchev–Trinajstić information content (AvgIpc) is 2.94. The standard InChI is InChI=1S/C14H18BrN3O2/c1-9(14(20)18-6-2-3-7-18)17-13(19)10-4-5-12(16)11(15)8-10/h4-5,8-9H,2-3,6-7,16H2,1H3,(H,17,19). The van der Waals surface area contributed by atoms with Gasteiger partial charge in [0.25, 0.3) is 5.91 Å². The Hall–Kier alpha value is -1.56. The summed E-state index contributed by atoms with van der Waals surface area (Å²) in [6.45, 7) is 3.28. The van der Waals surface area contributed by atoms with Gasteiger partial charge in [0.2, 0.25) is 5.91 Å². The SMILES string of the molecule is CC(NC(=O)c1ccc(N)c(Br)c1)C(=O)N1CCCC1. The lowest BCUT2D eigenvalue weighted by Crippen LogP contribution is -2.45. The van der Waals surface area contributed by atoms with Crippen LogP contribution in [0.5, 0.6) is 0 Å². The van der Waals surface area contributed by atoms with Crippen molar-refractivity contribution < 1.29 is 9.59 Å². The van der Waals surface area contributed by atoms with Gasteiger partial charge in [0, 0.05) is 28.8 Å². The van der Waals surface area contributed by atoms with Crippen molar-refractivity contribution in [3.63, 3.8) is 0 Å². The summed E-state index contributed by atoms with van der Waals surface area (Å²) in [4.78, 5) is 26.0. The van der Waals surface area contributed by atoms with Crippen molar-refractivity contribution in [2.75, 3.05) is 18.8 Å². The number of likely N-dealkylation sites (tertiary alicyclic amines) is 1. The Morgan fingerprint density at radius 1 is 1.35 bits per heavy atom. The molecule has 1 saturated heterocycles. The van der Waals surface area contributed by atoms with Gasteiger partial charge in [0.15, 0.2) is 0 Å². The molecule has 0 bridgehead atoms. The van der Waals surface area contributed by atoms with Gasteiger partial charge in [0.1, 0.15) is 6.04 Å². The maximum absolute atomic E-state index is 12.1. The zero-order valence-corrected chi connectivity index (χ0v) is 12.9. The third kappa shape index (κ3) is 3.30. The van der Waals surface area contributed by atoms with Gasteiger partial charge in [-0.15, -0.1) is 0 Å². The fraction of sp³-hybridized carbons (Fsp3) is 0.429. The lowest BCUT2D eigenvalue weighted by atomic mass is 10.2. The van der Waals surface area contributed by atoms with Crippen LogP contribution >= 0.6 is 15.9 Å². The van der Waals surface area contributed by atoms with Crippen molar-refractivity contribution >= 4 is 33.4 Å². The van der Waals surface area contributed by atoms with Crippen LogP contribution in [-0.2, 0) is 4.79 Å². The molecule has 6 heteroatoms. The molecule has 0 aliphatic carbocycles. The maximum atomic E-state index is 12.1. The molecule has 0 saturated carbocycles. The first-order valence-electron chi connectivity index (χ1n) is 6.63. The molecule has 1 unspecified atom stereocenters. The summed E-state index contributed by atoms with van der Waals surface area (Å²) in [5, 5.41) is 2.73. The topological polar surface area (TPSA) is 75.4 Å². The molecule has 2 rings (SSSR count). The van der Waals surface area contributed by atoms with Gasteiger partial charge >= 0.3 is 0 Å². The van der Waals surface area contributed by atoms with E-state index in [1.807, 2.05) is 0 Å². The van der Waals surface area contributed by atoms with Crippen molar-refractivity contribution in [1.82, 2.24) is 10.2 Å². The number of carbonyl (C=O) groups excluding carboxylic acids is 2. The minimum atomic E-state index is -0.517. The number of anilines is 1. The molecule has 108 valence electrons. The van der Waals surface area contributed by atoms with E-state index >= 15 is 0 Å². The Kier molecular flexibility index (Phi) is 4.65. The second kappa shape index (κ2) is 6.26. The summed E-state index contributed by atoms with van der Waals surface area (Å²) >= 11 is 3.28. The van der Waals surface area contributed by atoms with E-state index in [2.05, 4.69) is 21.2 Å². The first-order chi connectivity index (χ1) is 9.49. The van der Waals surface area contributed by atoms with Crippen molar-refractivity contribution in [2.45, 2.75) is 25.8 Å². The molecule has 1 aliphatic rings. The molecule has 2 amide bonds. The number of hydrogen-bond acceptors (Lipinski definition) is 3. The molecular weight excluding hydrogens is 322 g/mol. The molecule has 5 nitrogen and oxygen atoms in total. The van der Waals surface area contributed by atoms with Crippen LogP contribution in [0.4, 0.5) is 5.69 Å². The lowest BCUT2D eigenvalue weighted by molar-refractivity contribution is -0.131. The van der Waals surface area contributed by atoms with E-state index in [9.17, 15) is 9.59 Å². The molecule has 0 aromatic heterocycles. The smallest absolute Gasteiger partial charge is 0.251 e. The highest BCUT2D eigenvalue weighted by Gasteiger charge is 2.24. The van der Waals surface area contributed by atoms with E-state index in [1.165, 1.54) is 0 Å². The first-order valence-corrected chi connectivity index (χ1v) is 7.43. The third-order valence-electron chi connectivity index (χ3n) is 3.40. The van der Waals surface area contributed by atoms with Crippen molar-refractivity contribution in [1.29, 1.82) is 0 Å². The number of nitrogen functional groups attached to an aromatic ring is 1. The van der Waals surface area contributed by atoms with Crippen LogP contribution in [0.1, 0.15) is 30.1 Å². The monoisotopic (exact) mass is 339 g/mol. The van der Waals surface area contributed by atoms with Crippen LogP contribution in [0.15, 0.2) is 22.7 Å². The second-order valence-corrected chi connectivity index (χ2v) is 5.82. The first kappa shape index (κ1) is 14.8. The number of nitrogens with zero attached hydrogens (tertiary/aromatic N) is 1. The van der Waals surface area contributed by atoms with E-state index in [0.29, 0.717) is 15.7 Å². The zero-order chi connectivity index (χ0) is 14.7. The molecular formula is C14H18BrN3O2. The molecule has 3 N–H and O–H groups in total. The van der Waals surface area contributed by atoms with E-state index < -0.39 is 6.04 Å². The molecule has 20 heavy (non-hydrogen) atoms. The molecule has 1 atom stereocenters. The lowest BCUT2D eigenvalue weighted by Gasteiger charge is -2.21. The number of rotatable bonds is 3. The molecule has 1 aromatic rings. The number of benzene rings is 1. The minimum absolute atomic E-state index is 0.0228. The fourth-order valence-corrected chi connectivity index (χ4v) is 2.60. The van der Waals surface area contributed by atoms with Crippen LogP contribution in [-0.4, -0.2) is 35.8 Å². The normalized spacial score (nSPS) is 16.0. The quantitative estimate of drug-likeness (QED) is 0.824. The van der Waals surface area contributed by atoms with E-state index in [0.717, 1.165) is 25.9 Å². The minimum Gasteiger partial charge on any atom is -0.398 e. The van der Waals surface area contributed by atoms with Crippen molar-refractivity contribution in [2.24, 2.45) is 0 Å². The number of amides is 2. The third-order valence-corrected chi connectivity index (χ3v) is 4.09. The van der Waals surface area contributed by atoms with Crippen LogP contribution in [0.25, 0.3) is 0 Å². The van der Waals surface area contributed by atoms with Gasteiger partial charge in [0.05, 0.1) is 0 Å². The van der Waals surface area contributed by atoms with Crippen LogP contribution in [0.2, 0.25) is 0 Å². The number of hydrogen-bond donors (Lipinski definition) is 2. The van der Waals surface area contributed by atoms with Crippen LogP contribution in [0.3, 0.4) is 0 Å². The molecule has 1 aromatic carbocycles. The Morgan fingerprint density at radius 2 is 2.00 bits per heavy atom. The van der Waals surface area contributed by atoms with Crippen LogP contribution < -0.4 is 11.1 Å². The molecule has 1 aliphatic heterocycles. The second-order valence-electron chi connectivity index (χ2n) is 4.96. The summed E-state index contributed by atoms with van der Waals surface area (Å²) in [5.41, 5.74) is 6.73. The summed E-state index contributed by atoms with van der Waals surface area (Å²) in [6.07, 6.45) is 2.08. The average molecular weight is 340 g/mol. The van der Waals surface area contributed by atoms with Gasteiger partial charge in [-0.2, -0.15) is 0 Å². The maximum Gasteiger partial charge on any atom is 0.251 e. The summed E-state index contributed by atoms with van der Waals surface area (Å²) in [5.74, 6) is -0.295. The van der Waals surface area contributed by atoms with E-state index in [4.69, 9.17) is 5.73 Å². The molecule has 1 fully saturated rings. The number of nitrogens with two attached hydrogens (primary N) is 1. The predicted octanol–water partition coefficient (Wildman–Crippen LogP) is 1.77. The summed E-state index contributed by atoms with van der Waals surface area (Å²) in [6, 6.07) is 4.43. The highest BCUT2D eigenvalue weighted by Crippen LogP contribution is 2.20. The number of carbonyl (C=O) groups is 2. The van der Waals surface area contributed by atoms with Crippen LogP contribution in [0, 0.1) is 0 Å². The zero-order valence-electron chi connectivity index (χ0n) is 11.4. The van der Waals surface area contributed by atoms with E-state index in [-0.39, 0.29) is 11.8 Å². The molecule has 0 radical (unpaired) electrons. The number of nitrogens with one attached hydrogen (secondary N) is 1. The Labute approximate surface area is 126 Å². The Balaban J connectivity index is 1.99. The molecule has 1 heterocycles. The van der Waals surface area contributed by atoms with Gasteiger partial charge < -0.3 is 16.0 Å². The highest BCUT2D eigenvalue weighted by atomic mass is 79.9. The summed E-state index contributed by atoms with van der Waals surface area (Å²) in [7, 11) is 0. The Bertz CT molecular complexity index is 527. The van der Waals surface area contributed by atoms with Crippen molar-refractivity contribution in [3.8, 4) is 0 Å². The Morgan fingerprint density at radius 3 is 2.60 bits per heavy atom. The predicted molar refractivity (Wildman–Crippen MR) is 81.3 cm³/mol. The van der Waals surface area contributed by atoms with Gasteiger partial charge in [-0.3, -0.25) is 9.59 Å². The summed E-state index contributed by atoms with van der Waals surface area (Å²) < 4.78 is 0.670. The largest absolute Gasteiger partial charge is 0.398 e. The van der Waals surface area contributed by atoms with Gasteiger partial charge in [-0.1, -0.05) is 0 Å². The van der Waals surface area contributed by atoms with Gasteiger partial charge in [-0.25, -0.2) is 0 Å². The number of halogens is 1. The van der Waals surface area contributed by atoms with Gasteiger partial charge in [-0.05, 0) is 53.9 Å².